The largest absolute Gasteiger partial charge is 0.176 e. The molecule has 0 N–H and O–H groups in total. The van der Waals surface area contributed by atoms with Crippen LogP contribution in [0.2, 0.25) is 12.6 Å². The number of benzene rings is 1. The molecule has 0 amide bonds. The molecule has 1 aliphatic heterocycles. The minimum Gasteiger partial charge on any atom is -0.0794 e. The summed E-state index contributed by atoms with van der Waals surface area (Å²) in [5, 5.41) is 0. The van der Waals surface area contributed by atoms with Crippen molar-refractivity contribution in [2.75, 3.05) is 0 Å². The van der Waals surface area contributed by atoms with Gasteiger partial charge in [-0.25, -0.2) is 0 Å². The van der Waals surface area contributed by atoms with Gasteiger partial charge in [0.2, 0.25) is 0 Å². The Morgan fingerprint density at radius 1 is 1.04 bits per heavy atom. The molecule has 0 radical (unpaired) electrons. The van der Waals surface area contributed by atoms with Crippen molar-refractivity contribution in [3.8, 4) is 0 Å². The van der Waals surface area contributed by atoms with E-state index in [9.17, 15) is 0 Å². The second-order valence-electron chi connectivity index (χ2n) is 10.3. The summed E-state index contributed by atoms with van der Waals surface area (Å²) in [4.78, 5) is 0. The predicted molar refractivity (Wildman–Crippen MR) is 111 cm³/mol. The van der Waals surface area contributed by atoms with E-state index < -0.39 is 0 Å². The third-order valence-electron chi connectivity index (χ3n) is 8.13. The van der Waals surface area contributed by atoms with Gasteiger partial charge in [-0.3, -0.25) is 0 Å². The summed E-state index contributed by atoms with van der Waals surface area (Å²) in [7, 11) is 0. The van der Waals surface area contributed by atoms with E-state index in [0.717, 1.165) is 0 Å². The molecule has 0 saturated carbocycles. The Labute approximate surface area is 151 Å². The highest BCUT2D eigenvalue weighted by Crippen LogP contribution is 2.52. The van der Waals surface area contributed by atoms with Gasteiger partial charge in [-0.2, -0.15) is 0 Å². The summed E-state index contributed by atoms with van der Waals surface area (Å²) in [5.41, 5.74) is 7.28. The van der Waals surface area contributed by atoms with E-state index in [1.807, 2.05) is 0 Å². The summed E-state index contributed by atoms with van der Waals surface area (Å²) in [5.74, 6) is 0.660. The van der Waals surface area contributed by atoms with Crippen LogP contribution in [0.25, 0.3) is 0 Å². The maximum absolute atomic E-state index is 2.58. The van der Waals surface area contributed by atoms with Crippen molar-refractivity contribution in [3.05, 3.63) is 28.8 Å². The second-order valence-corrected chi connectivity index (χ2v) is 10.3. The average molecular weight is 326 g/mol. The highest BCUT2D eigenvalue weighted by Gasteiger charge is 2.48. The Hall–Kier alpha value is -0.715. The van der Waals surface area contributed by atoms with E-state index in [0.29, 0.717) is 23.5 Å². The molecular weight excluding hydrogens is 287 g/mol. The van der Waals surface area contributed by atoms with Crippen molar-refractivity contribution in [2.24, 2.45) is 16.7 Å². The van der Waals surface area contributed by atoms with Crippen molar-refractivity contribution >= 4 is 12.2 Å². The van der Waals surface area contributed by atoms with Crippen LogP contribution >= 0.6 is 0 Å². The molecular formula is C23H39B. The molecule has 1 aromatic rings. The Balaban J connectivity index is 2.52. The lowest BCUT2D eigenvalue weighted by Gasteiger charge is -2.36. The Morgan fingerprint density at radius 3 is 1.96 bits per heavy atom. The topological polar surface area (TPSA) is 0 Å². The second kappa shape index (κ2) is 6.22. The summed E-state index contributed by atoms with van der Waals surface area (Å²) in [6, 6.07) is 5.06. The normalized spacial score (nSPS) is 22.0. The SMILES string of the molecule is CCC(C)(c1cc(B2CC(C)(C)C(C)(C)C2)cc(C)c1C)C(C)C. The molecule has 0 aromatic heterocycles. The highest BCUT2D eigenvalue weighted by molar-refractivity contribution is 6.74. The van der Waals surface area contributed by atoms with Crippen LogP contribution in [0.1, 0.15) is 78.5 Å². The first-order valence-electron chi connectivity index (χ1n) is 9.97. The van der Waals surface area contributed by atoms with Gasteiger partial charge < -0.3 is 0 Å². The average Bonchev–Trinajstić information content (AvgIpc) is 2.69. The lowest BCUT2D eigenvalue weighted by molar-refractivity contribution is 0.177. The fourth-order valence-electron chi connectivity index (χ4n) is 4.72. The molecule has 134 valence electrons. The van der Waals surface area contributed by atoms with Crippen molar-refractivity contribution in [1.82, 2.24) is 0 Å². The predicted octanol–water partition coefficient (Wildman–Crippen LogP) is 6.39. The quantitative estimate of drug-likeness (QED) is 0.562. The zero-order chi connectivity index (χ0) is 18.5. The van der Waals surface area contributed by atoms with Gasteiger partial charge in [0.15, 0.2) is 6.71 Å². The van der Waals surface area contributed by atoms with Crippen LogP contribution in [0.4, 0.5) is 0 Å². The van der Waals surface area contributed by atoms with Gasteiger partial charge in [-0.1, -0.05) is 85.6 Å². The number of aryl methyl sites for hydroxylation is 1. The van der Waals surface area contributed by atoms with E-state index in [2.05, 4.69) is 81.4 Å². The van der Waals surface area contributed by atoms with Gasteiger partial charge in [0.25, 0.3) is 0 Å². The van der Waals surface area contributed by atoms with E-state index in [-0.39, 0.29) is 5.41 Å². The standard InChI is InChI=1S/C23H39B/c1-11-23(10,16(2)3)20-13-19(12-17(4)18(20)5)24-14-21(6,7)22(8,9)15-24/h12-13,16H,11,14-15H2,1-10H3. The van der Waals surface area contributed by atoms with Gasteiger partial charge in [0.1, 0.15) is 0 Å². The molecule has 1 atom stereocenters. The van der Waals surface area contributed by atoms with Crippen LogP contribution in [-0.2, 0) is 5.41 Å². The molecule has 1 heterocycles. The summed E-state index contributed by atoms with van der Waals surface area (Å²) in [6.45, 7) is 24.8. The maximum Gasteiger partial charge on any atom is 0.176 e. The minimum atomic E-state index is 0.272. The molecule has 1 fully saturated rings. The first kappa shape index (κ1) is 19.6. The van der Waals surface area contributed by atoms with Gasteiger partial charge in [-0.15, -0.1) is 0 Å². The van der Waals surface area contributed by atoms with E-state index >= 15 is 0 Å². The number of rotatable bonds is 4. The van der Waals surface area contributed by atoms with Gasteiger partial charge in [0.05, 0.1) is 0 Å². The van der Waals surface area contributed by atoms with Crippen LogP contribution in [0.15, 0.2) is 12.1 Å². The Morgan fingerprint density at radius 2 is 1.54 bits per heavy atom. The van der Waals surface area contributed by atoms with Gasteiger partial charge >= 0.3 is 0 Å². The minimum absolute atomic E-state index is 0.272. The first-order valence-corrected chi connectivity index (χ1v) is 9.97. The Kier molecular flexibility index (Phi) is 5.08. The molecule has 1 aliphatic rings. The lowest BCUT2D eigenvalue weighted by Crippen LogP contribution is -2.34. The number of hydrogen-bond acceptors (Lipinski definition) is 0. The van der Waals surface area contributed by atoms with Crippen LogP contribution in [0.3, 0.4) is 0 Å². The van der Waals surface area contributed by atoms with Crippen LogP contribution in [0, 0.1) is 30.6 Å². The third-order valence-corrected chi connectivity index (χ3v) is 8.13. The van der Waals surface area contributed by atoms with Crippen LogP contribution in [0.5, 0.6) is 0 Å². The van der Waals surface area contributed by atoms with Crippen molar-refractivity contribution < 1.29 is 0 Å². The fourth-order valence-corrected chi connectivity index (χ4v) is 4.72. The smallest absolute Gasteiger partial charge is 0.0794 e. The molecule has 1 saturated heterocycles. The van der Waals surface area contributed by atoms with Gasteiger partial charge in [0, 0.05) is 0 Å². The molecule has 2 rings (SSSR count). The highest BCUT2D eigenvalue weighted by atomic mass is 14.4. The van der Waals surface area contributed by atoms with Crippen LogP contribution < -0.4 is 5.46 Å². The first-order chi connectivity index (χ1) is 10.9. The molecule has 1 unspecified atom stereocenters. The third kappa shape index (κ3) is 3.08. The molecule has 24 heavy (non-hydrogen) atoms. The monoisotopic (exact) mass is 326 g/mol. The van der Waals surface area contributed by atoms with Crippen molar-refractivity contribution in [2.45, 2.75) is 93.7 Å². The fraction of sp³-hybridized carbons (Fsp3) is 0.739. The maximum atomic E-state index is 2.58. The summed E-state index contributed by atoms with van der Waals surface area (Å²) < 4.78 is 0. The Bertz CT molecular complexity index is 593. The molecule has 0 nitrogen and oxygen atoms in total. The zero-order valence-corrected chi connectivity index (χ0v) is 17.9. The zero-order valence-electron chi connectivity index (χ0n) is 17.9. The van der Waals surface area contributed by atoms with Crippen molar-refractivity contribution in [3.63, 3.8) is 0 Å². The van der Waals surface area contributed by atoms with E-state index in [1.165, 1.54) is 30.2 Å². The van der Waals surface area contributed by atoms with E-state index in [1.54, 1.807) is 11.0 Å². The molecule has 1 aromatic carbocycles. The molecule has 1 heteroatoms. The summed E-state index contributed by atoms with van der Waals surface area (Å²) in [6.07, 6.45) is 3.83. The van der Waals surface area contributed by atoms with Crippen LogP contribution in [-0.4, -0.2) is 6.71 Å². The van der Waals surface area contributed by atoms with Crippen molar-refractivity contribution in [1.29, 1.82) is 0 Å². The summed E-state index contributed by atoms with van der Waals surface area (Å²) >= 11 is 0. The van der Waals surface area contributed by atoms with Gasteiger partial charge in [-0.05, 0) is 59.1 Å². The van der Waals surface area contributed by atoms with E-state index in [4.69, 9.17) is 0 Å². The lowest BCUT2D eigenvalue weighted by atomic mass is 9.41. The molecule has 0 bridgehead atoms. The molecule has 0 spiro atoms. The number of hydrogen-bond donors (Lipinski definition) is 0. The molecule has 0 aliphatic carbocycles.